The molecule has 1 aromatic rings. The van der Waals surface area contributed by atoms with E-state index in [0.29, 0.717) is 6.61 Å². The second-order valence-corrected chi connectivity index (χ2v) is 4.38. The molecule has 0 unspecified atom stereocenters. The van der Waals surface area contributed by atoms with Crippen molar-refractivity contribution in [1.82, 2.24) is 4.98 Å². The van der Waals surface area contributed by atoms with Gasteiger partial charge < -0.3 is 4.74 Å². The third-order valence-electron chi connectivity index (χ3n) is 2.25. The van der Waals surface area contributed by atoms with Crippen LogP contribution in [-0.2, 0) is 14.9 Å². The number of aromatic nitrogens is 1. The second kappa shape index (κ2) is 4.47. The Hall–Kier alpha value is -1.32. The third-order valence-corrected chi connectivity index (χ3v) is 2.25. The molecular weight excluding hydrogens is 189 g/mol. The van der Waals surface area contributed by atoms with Gasteiger partial charge in [0.1, 0.15) is 14.5 Å². The summed E-state index contributed by atoms with van der Waals surface area (Å²) in [5.74, 6) is -0.254. The summed E-state index contributed by atoms with van der Waals surface area (Å²) < 4.78 is 5.02. The molecule has 0 spiro atoms. The van der Waals surface area contributed by atoms with E-state index in [0.717, 1.165) is 11.2 Å². The highest BCUT2D eigenvalue weighted by molar-refractivity contribution is 6.32. The summed E-state index contributed by atoms with van der Waals surface area (Å²) in [6, 6.07) is 3.97. The molecule has 0 atom stereocenters. The van der Waals surface area contributed by atoms with E-state index in [9.17, 15) is 4.79 Å². The zero-order valence-electron chi connectivity index (χ0n) is 9.70. The number of pyridine rings is 1. The molecular formula is C11H16BNO2. The van der Waals surface area contributed by atoms with Crippen LogP contribution in [0.2, 0.25) is 0 Å². The van der Waals surface area contributed by atoms with Crippen molar-refractivity contribution in [2.75, 3.05) is 6.61 Å². The Kier molecular flexibility index (Phi) is 3.50. The van der Waals surface area contributed by atoms with Crippen LogP contribution < -0.4 is 5.46 Å². The molecule has 0 radical (unpaired) electrons. The Bertz CT molecular complexity index is 363. The third kappa shape index (κ3) is 3.38. The van der Waals surface area contributed by atoms with Crippen molar-refractivity contribution in [2.24, 2.45) is 0 Å². The second-order valence-electron chi connectivity index (χ2n) is 4.38. The van der Waals surface area contributed by atoms with Gasteiger partial charge in [-0.3, -0.25) is 9.78 Å². The van der Waals surface area contributed by atoms with E-state index in [1.165, 1.54) is 6.92 Å². The highest BCUT2D eigenvalue weighted by Crippen LogP contribution is 2.20. The van der Waals surface area contributed by atoms with E-state index in [2.05, 4.69) is 4.98 Å². The predicted octanol–water partition coefficient (Wildman–Crippen LogP) is 0.181. The Morgan fingerprint density at radius 1 is 1.60 bits per heavy atom. The Balaban J connectivity index is 2.80. The molecule has 0 aromatic carbocycles. The summed E-state index contributed by atoms with van der Waals surface area (Å²) in [5, 5.41) is 0. The number of rotatable bonds is 3. The lowest BCUT2D eigenvalue weighted by Crippen LogP contribution is -2.28. The molecule has 0 N–H and O–H groups in total. The highest BCUT2D eigenvalue weighted by atomic mass is 16.5. The van der Waals surface area contributed by atoms with Gasteiger partial charge in [-0.1, -0.05) is 25.4 Å². The molecule has 15 heavy (non-hydrogen) atoms. The standard InChI is InChI=1S/C11H16BNO2/c1-8(14)15-7-11(2,3)10-6-9(12)4-5-13-10/h4-6H,7,12H2,1-3H3. The summed E-state index contributed by atoms with van der Waals surface area (Å²) in [6.45, 7) is 5.80. The number of ether oxygens (including phenoxy) is 1. The average Bonchev–Trinajstić information content (AvgIpc) is 2.15. The van der Waals surface area contributed by atoms with E-state index in [1.54, 1.807) is 6.20 Å². The number of hydrogen-bond acceptors (Lipinski definition) is 3. The molecule has 0 amide bonds. The van der Waals surface area contributed by atoms with Crippen LogP contribution in [0.1, 0.15) is 26.5 Å². The van der Waals surface area contributed by atoms with Crippen LogP contribution in [0.4, 0.5) is 0 Å². The topological polar surface area (TPSA) is 39.2 Å². The number of hydrogen-bond donors (Lipinski definition) is 0. The van der Waals surface area contributed by atoms with Crippen molar-refractivity contribution in [3.05, 3.63) is 24.0 Å². The Morgan fingerprint density at radius 3 is 2.80 bits per heavy atom. The van der Waals surface area contributed by atoms with Gasteiger partial charge in [-0.15, -0.1) is 0 Å². The lowest BCUT2D eigenvalue weighted by molar-refractivity contribution is -0.142. The van der Waals surface area contributed by atoms with E-state index < -0.39 is 0 Å². The Morgan fingerprint density at radius 2 is 2.27 bits per heavy atom. The maximum Gasteiger partial charge on any atom is 0.302 e. The molecule has 0 fully saturated rings. The number of carbonyl (C=O) groups is 1. The van der Waals surface area contributed by atoms with E-state index in [-0.39, 0.29) is 11.4 Å². The first-order valence-corrected chi connectivity index (χ1v) is 4.98. The van der Waals surface area contributed by atoms with Crippen molar-refractivity contribution in [3.8, 4) is 0 Å². The minimum atomic E-state index is -0.254. The summed E-state index contributed by atoms with van der Waals surface area (Å²) in [6.07, 6.45) is 1.78. The van der Waals surface area contributed by atoms with Gasteiger partial charge >= 0.3 is 5.97 Å². The zero-order chi connectivity index (χ0) is 11.5. The lowest BCUT2D eigenvalue weighted by Gasteiger charge is -2.23. The average molecular weight is 205 g/mol. The van der Waals surface area contributed by atoms with Crippen LogP contribution in [-0.4, -0.2) is 25.4 Å². The molecule has 0 aliphatic heterocycles. The van der Waals surface area contributed by atoms with Crippen molar-refractivity contribution in [1.29, 1.82) is 0 Å². The smallest absolute Gasteiger partial charge is 0.302 e. The van der Waals surface area contributed by atoms with Crippen molar-refractivity contribution < 1.29 is 9.53 Å². The molecule has 4 heteroatoms. The van der Waals surface area contributed by atoms with Gasteiger partial charge in [0, 0.05) is 24.2 Å². The molecule has 0 bridgehead atoms. The molecule has 3 nitrogen and oxygen atoms in total. The lowest BCUT2D eigenvalue weighted by atomic mass is 9.86. The molecule has 1 heterocycles. The van der Waals surface area contributed by atoms with Gasteiger partial charge in [0.15, 0.2) is 0 Å². The van der Waals surface area contributed by atoms with Crippen molar-refractivity contribution >= 4 is 19.3 Å². The molecule has 0 aliphatic carbocycles. The summed E-state index contributed by atoms with van der Waals surface area (Å²) in [5.41, 5.74) is 1.87. The minimum Gasteiger partial charge on any atom is -0.465 e. The van der Waals surface area contributed by atoms with Gasteiger partial charge in [-0.05, 0) is 6.07 Å². The largest absolute Gasteiger partial charge is 0.465 e. The van der Waals surface area contributed by atoms with E-state index in [1.807, 2.05) is 33.8 Å². The summed E-state index contributed by atoms with van der Waals surface area (Å²) in [4.78, 5) is 15.0. The molecule has 80 valence electrons. The van der Waals surface area contributed by atoms with Crippen LogP contribution in [0.5, 0.6) is 0 Å². The van der Waals surface area contributed by atoms with Gasteiger partial charge in [-0.2, -0.15) is 0 Å². The SMILES string of the molecule is Bc1ccnc(C(C)(C)COC(C)=O)c1. The van der Waals surface area contributed by atoms with Gasteiger partial charge in [0.2, 0.25) is 0 Å². The van der Waals surface area contributed by atoms with Crippen LogP contribution >= 0.6 is 0 Å². The normalized spacial score (nSPS) is 11.1. The fourth-order valence-corrected chi connectivity index (χ4v) is 1.26. The van der Waals surface area contributed by atoms with Crippen molar-refractivity contribution in [2.45, 2.75) is 26.2 Å². The minimum absolute atomic E-state index is 0.238. The first-order valence-electron chi connectivity index (χ1n) is 4.98. The Labute approximate surface area is 91.3 Å². The molecule has 0 saturated carbocycles. The molecule has 0 saturated heterocycles. The maximum absolute atomic E-state index is 10.7. The van der Waals surface area contributed by atoms with E-state index >= 15 is 0 Å². The molecule has 1 rings (SSSR count). The van der Waals surface area contributed by atoms with Crippen LogP contribution in [0, 0.1) is 0 Å². The van der Waals surface area contributed by atoms with Crippen LogP contribution in [0.15, 0.2) is 18.3 Å². The summed E-state index contributed by atoms with van der Waals surface area (Å²) >= 11 is 0. The maximum atomic E-state index is 10.7. The zero-order valence-corrected chi connectivity index (χ0v) is 9.70. The number of nitrogens with zero attached hydrogens (tertiary/aromatic N) is 1. The first-order chi connectivity index (χ1) is 6.92. The van der Waals surface area contributed by atoms with Crippen LogP contribution in [0.3, 0.4) is 0 Å². The fraction of sp³-hybridized carbons (Fsp3) is 0.455. The highest BCUT2D eigenvalue weighted by Gasteiger charge is 2.23. The van der Waals surface area contributed by atoms with Crippen molar-refractivity contribution in [3.63, 3.8) is 0 Å². The number of esters is 1. The van der Waals surface area contributed by atoms with Crippen LogP contribution in [0.25, 0.3) is 0 Å². The van der Waals surface area contributed by atoms with Gasteiger partial charge in [0.25, 0.3) is 0 Å². The quantitative estimate of drug-likeness (QED) is 0.522. The van der Waals surface area contributed by atoms with Gasteiger partial charge in [-0.25, -0.2) is 0 Å². The summed E-state index contributed by atoms with van der Waals surface area (Å²) in [7, 11) is 2.02. The van der Waals surface area contributed by atoms with E-state index in [4.69, 9.17) is 4.74 Å². The van der Waals surface area contributed by atoms with Gasteiger partial charge in [0.05, 0.1) is 0 Å². The number of carbonyl (C=O) groups excluding carboxylic acids is 1. The molecule has 1 aromatic heterocycles. The fourth-order valence-electron chi connectivity index (χ4n) is 1.26. The molecule has 0 aliphatic rings. The first kappa shape index (κ1) is 11.8. The predicted molar refractivity (Wildman–Crippen MR) is 62.1 cm³/mol. The monoisotopic (exact) mass is 205 g/mol.